The first-order chi connectivity index (χ1) is 12.8. The molecule has 0 aliphatic rings. The van der Waals surface area contributed by atoms with E-state index in [-0.39, 0.29) is 12.4 Å². The van der Waals surface area contributed by atoms with Crippen molar-refractivity contribution in [3.05, 3.63) is 60.8 Å². The third-order valence-corrected chi connectivity index (χ3v) is 4.03. The van der Waals surface area contributed by atoms with Crippen LogP contribution in [0.3, 0.4) is 0 Å². The van der Waals surface area contributed by atoms with Crippen molar-refractivity contribution >= 4 is 17.0 Å². The quantitative estimate of drug-likeness (QED) is 0.515. The van der Waals surface area contributed by atoms with E-state index in [1.807, 2.05) is 12.1 Å². The maximum Gasteiger partial charge on any atom is 0.157 e. The molecule has 0 radical (unpaired) electrons. The highest BCUT2D eigenvalue weighted by atomic mass is 19.1. The van der Waals surface area contributed by atoms with Gasteiger partial charge >= 0.3 is 0 Å². The lowest BCUT2D eigenvalue weighted by Crippen LogP contribution is -2.06. The van der Waals surface area contributed by atoms with E-state index in [2.05, 4.69) is 25.3 Å². The maximum atomic E-state index is 13.4. The maximum absolute atomic E-state index is 13.4. The van der Waals surface area contributed by atoms with Crippen LogP contribution in [0.15, 0.2) is 55.0 Å². The van der Waals surface area contributed by atoms with Crippen molar-refractivity contribution in [1.29, 1.82) is 0 Å². The number of rotatable bonds is 5. The smallest absolute Gasteiger partial charge is 0.157 e. The van der Waals surface area contributed by atoms with Crippen LogP contribution in [0, 0.1) is 5.82 Å². The van der Waals surface area contributed by atoms with E-state index < -0.39 is 0 Å². The Balaban J connectivity index is 1.90. The van der Waals surface area contributed by atoms with Crippen LogP contribution in [0.2, 0.25) is 0 Å². The standard InChI is InChI=1S/C19H16FN5O/c20-14-3-1-12(2-4-14)16-17(25-19-18(16)23-7-8-24-19)13-5-6-21-15(11-13)22-9-10-26/h1-8,11,26H,9-10H2,(H,21,22)(H,24,25). The molecular formula is C19H16FN5O. The molecule has 0 bridgehead atoms. The van der Waals surface area contributed by atoms with E-state index in [0.717, 1.165) is 27.9 Å². The highest BCUT2D eigenvalue weighted by Gasteiger charge is 2.17. The molecule has 0 atom stereocenters. The normalized spacial score (nSPS) is 11.0. The van der Waals surface area contributed by atoms with Gasteiger partial charge in [-0.05, 0) is 29.8 Å². The van der Waals surface area contributed by atoms with Gasteiger partial charge in [0.1, 0.15) is 17.2 Å². The van der Waals surface area contributed by atoms with E-state index in [1.165, 1.54) is 12.1 Å². The number of aliphatic hydroxyl groups is 1. The van der Waals surface area contributed by atoms with Gasteiger partial charge in [-0.25, -0.2) is 14.4 Å². The van der Waals surface area contributed by atoms with Crippen molar-refractivity contribution in [2.75, 3.05) is 18.5 Å². The van der Waals surface area contributed by atoms with Gasteiger partial charge in [0.25, 0.3) is 0 Å². The number of halogens is 1. The van der Waals surface area contributed by atoms with Crippen LogP contribution >= 0.6 is 0 Å². The molecule has 3 aromatic heterocycles. The van der Waals surface area contributed by atoms with E-state index in [4.69, 9.17) is 5.11 Å². The van der Waals surface area contributed by atoms with E-state index in [0.29, 0.717) is 18.0 Å². The number of hydrogen-bond donors (Lipinski definition) is 3. The Hall–Kier alpha value is -3.32. The Labute approximate surface area is 148 Å². The first-order valence-electron chi connectivity index (χ1n) is 8.16. The summed E-state index contributed by atoms with van der Waals surface area (Å²) in [7, 11) is 0. The van der Waals surface area contributed by atoms with Gasteiger partial charge in [-0.2, -0.15) is 0 Å². The molecule has 0 spiro atoms. The number of aliphatic hydroxyl groups excluding tert-OH is 1. The summed E-state index contributed by atoms with van der Waals surface area (Å²) < 4.78 is 13.4. The van der Waals surface area contributed by atoms with Crippen molar-refractivity contribution in [3.8, 4) is 22.4 Å². The number of aromatic amines is 1. The number of H-pyrrole nitrogens is 1. The van der Waals surface area contributed by atoms with Crippen molar-refractivity contribution < 1.29 is 9.50 Å². The molecule has 0 saturated carbocycles. The highest BCUT2D eigenvalue weighted by Crippen LogP contribution is 2.37. The van der Waals surface area contributed by atoms with Gasteiger partial charge in [-0.15, -0.1) is 0 Å². The van der Waals surface area contributed by atoms with Gasteiger partial charge < -0.3 is 15.4 Å². The van der Waals surface area contributed by atoms with E-state index >= 15 is 0 Å². The van der Waals surface area contributed by atoms with Crippen molar-refractivity contribution in [3.63, 3.8) is 0 Å². The van der Waals surface area contributed by atoms with Crippen LogP contribution in [0.4, 0.5) is 10.2 Å². The average molecular weight is 349 g/mol. The largest absolute Gasteiger partial charge is 0.395 e. The predicted molar refractivity (Wildman–Crippen MR) is 98.1 cm³/mol. The number of nitrogens with zero attached hydrogens (tertiary/aromatic N) is 3. The third-order valence-electron chi connectivity index (χ3n) is 4.03. The zero-order chi connectivity index (χ0) is 17.9. The second kappa shape index (κ2) is 6.89. The topological polar surface area (TPSA) is 86.7 Å². The lowest BCUT2D eigenvalue weighted by Gasteiger charge is -2.08. The molecule has 1 aromatic carbocycles. The van der Waals surface area contributed by atoms with Crippen molar-refractivity contribution in [2.45, 2.75) is 0 Å². The fourth-order valence-corrected chi connectivity index (χ4v) is 2.89. The fourth-order valence-electron chi connectivity index (χ4n) is 2.89. The number of benzene rings is 1. The minimum atomic E-state index is -0.291. The van der Waals surface area contributed by atoms with Crippen LogP contribution in [0.5, 0.6) is 0 Å². The van der Waals surface area contributed by atoms with Crippen LogP contribution in [-0.2, 0) is 0 Å². The molecule has 130 valence electrons. The van der Waals surface area contributed by atoms with Gasteiger partial charge in [-0.3, -0.25) is 4.98 Å². The van der Waals surface area contributed by atoms with Gasteiger partial charge in [0.05, 0.1) is 12.3 Å². The predicted octanol–water partition coefficient (Wildman–Crippen LogP) is 3.23. The zero-order valence-electron chi connectivity index (χ0n) is 13.8. The van der Waals surface area contributed by atoms with Crippen LogP contribution in [-0.4, -0.2) is 38.2 Å². The Morgan fingerprint density at radius 2 is 1.77 bits per heavy atom. The molecule has 0 aliphatic heterocycles. The van der Waals surface area contributed by atoms with Gasteiger partial charge in [0.2, 0.25) is 0 Å². The number of fused-ring (bicyclic) bond motifs is 1. The first-order valence-corrected chi connectivity index (χ1v) is 8.16. The van der Waals surface area contributed by atoms with Crippen molar-refractivity contribution in [2.24, 2.45) is 0 Å². The van der Waals surface area contributed by atoms with Gasteiger partial charge in [0, 0.05) is 36.3 Å². The SMILES string of the molecule is OCCNc1cc(-c2[nH]c3nccnc3c2-c2ccc(F)cc2)ccn1. The second-order valence-corrected chi connectivity index (χ2v) is 5.72. The lowest BCUT2D eigenvalue weighted by molar-refractivity contribution is 0.311. The Morgan fingerprint density at radius 1 is 0.962 bits per heavy atom. The summed E-state index contributed by atoms with van der Waals surface area (Å²) in [6.45, 7) is 0.435. The number of pyridine rings is 1. The molecule has 4 aromatic rings. The fraction of sp³-hybridized carbons (Fsp3) is 0.105. The number of anilines is 1. The van der Waals surface area contributed by atoms with Crippen LogP contribution in [0.1, 0.15) is 0 Å². The van der Waals surface area contributed by atoms with Gasteiger partial charge in [0.15, 0.2) is 5.65 Å². The lowest BCUT2D eigenvalue weighted by atomic mass is 10.0. The molecule has 3 heterocycles. The molecular weight excluding hydrogens is 333 g/mol. The summed E-state index contributed by atoms with van der Waals surface area (Å²) in [5, 5.41) is 12.0. The average Bonchev–Trinajstić information content (AvgIpc) is 3.07. The summed E-state index contributed by atoms with van der Waals surface area (Å²) in [4.78, 5) is 16.4. The zero-order valence-corrected chi connectivity index (χ0v) is 13.8. The summed E-state index contributed by atoms with van der Waals surface area (Å²) in [6.07, 6.45) is 4.95. The minimum Gasteiger partial charge on any atom is -0.395 e. The van der Waals surface area contributed by atoms with Crippen LogP contribution in [0.25, 0.3) is 33.5 Å². The molecule has 0 aliphatic carbocycles. The minimum absolute atomic E-state index is 0.0208. The summed E-state index contributed by atoms with van der Waals surface area (Å²) >= 11 is 0. The highest BCUT2D eigenvalue weighted by molar-refractivity contribution is 6.00. The summed E-state index contributed by atoms with van der Waals surface area (Å²) in [5.41, 5.74) is 4.79. The molecule has 4 rings (SSSR count). The summed E-state index contributed by atoms with van der Waals surface area (Å²) in [5.74, 6) is 0.363. The number of aromatic nitrogens is 4. The Kier molecular flexibility index (Phi) is 4.28. The second-order valence-electron chi connectivity index (χ2n) is 5.72. The molecule has 26 heavy (non-hydrogen) atoms. The molecule has 6 nitrogen and oxygen atoms in total. The van der Waals surface area contributed by atoms with E-state index in [9.17, 15) is 4.39 Å². The number of hydrogen-bond acceptors (Lipinski definition) is 5. The van der Waals surface area contributed by atoms with Crippen LogP contribution < -0.4 is 5.32 Å². The monoisotopic (exact) mass is 349 g/mol. The molecule has 0 fully saturated rings. The van der Waals surface area contributed by atoms with Crippen molar-refractivity contribution in [1.82, 2.24) is 19.9 Å². The first kappa shape index (κ1) is 16.2. The van der Waals surface area contributed by atoms with Gasteiger partial charge in [-0.1, -0.05) is 12.1 Å². The molecule has 0 saturated heterocycles. The molecule has 0 unspecified atom stereocenters. The molecule has 3 N–H and O–H groups in total. The van der Waals surface area contributed by atoms with E-state index in [1.54, 1.807) is 30.7 Å². The summed E-state index contributed by atoms with van der Waals surface area (Å²) in [6, 6.07) is 10.1. The molecule has 0 amide bonds. The number of nitrogens with one attached hydrogen (secondary N) is 2. The third kappa shape index (κ3) is 3.00. The Morgan fingerprint density at radius 3 is 2.58 bits per heavy atom. The molecule has 7 heteroatoms. The Bertz CT molecular complexity index is 1050.